The number of nitrogens with one attached hydrogen (secondary N) is 1. The molecule has 1 rings (SSSR count). The Morgan fingerprint density at radius 3 is 2.45 bits per heavy atom. The Kier molecular flexibility index (Phi) is 6.02. The van der Waals surface area contributed by atoms with E-state index in [0.29, 0.717) is 13.0 Å². The number of rotatable bonds is 8. The van der Waals surface area contributed by atoms with Gasteiger partial charge in [0.05, 0.1) is 0 Å². The predicted molar refractivity (Wildman–Crippen MR) is 83.4 cm³/mol. The number of benzene rings is 1. The molecule has 0 radical (unpaired) electrons. The van der Waals surface area contributed by atoms with Crippen LogP contribution < -0.4 is 10.2 Å². The first-order chi connectivity index (χ1) is 9.39. The van der Waals surface area contributed by atoms with Gasteiger partial charge in [-0.3, -0.25) is 4.79 Å². The third-order valence-electron chi connectivity index (χ3n) is 3.68. The van der Waals surface area contributed by atoms with Gasteiger partial charge in [0.15, 0.2) is 0 Å². The fraction of sp³-hybridized carbons (Fsp3) is 0.562. The maximum Gasteiger partial charge on any atom is 0.323 e. The molecule has 1 aromatic rings. The third-order valence-corrected chi connectivity index (χ3v) is 3.68. The molecule has 0 spiro atoms. The van der Waals surface area contributed by atoms with Crippen LogP contribution in [0, 0.1) is 6.92 Å². The van der Waals surface area contributed by atoms with Gasteiger partial charge in [0.1, 0.15) is 5.54 Å². The Morgan fingerprint density at radius 2 is 1.95 bits per heavy atom. The second-order valence-corrected chi connectivity index (χ2v) is 5.53. The molecule has 0 aliphatic heterocycles. The molecule has 20 heavy (non-hydrogen) atoms. The smallest absolute Gasteiger partial charge is 0.323 e. The van der Waals surface area contributed by atoms with E-state index in [1.54, 1.807) is 6.92 Å². The van der Waals surface area contributed by atoms with Crippen LogP contribution in [-0.2, 0) is 4.79 Å². The number of carbonyl (C=O) groups is 1. The van der Waals surface area contributed by atoms with Gasteiger partial charge in [-0.1, -0.05) is 24.6 Å². The Morgan fingerprint density at radius 1 is 1.35 bits per heavy atom. The zero-order chi connectivity index (χ0) is 15.2. The van der Waals surface area contributed by atoms with E-state index in [4.69, 9.17) is 0 Å². The lowest BCUT2D eigenvalue weighted by atomic mass is 9.95. The number of carboxylic acid groups (broad SMARTS) is 1. The molecule has 0 saturated carbocycles. The summed E-state index contributed by atoms with van der Waals surface area (Å²) in [6.45, 7) is 7.26. The summed E-state index contributed by atoms with van der Waals surface area (Å²) in [5, 5.41) is 12.4. The minimum Gasteiger partial charge on any atom is -0.480 e. The first kappa shape index (κ1) is 16.5. The lowest BCUT2D eigenvalue weighted by Gasteiger charge is -2.27. The van der Waals surface area contributed by atoms with E-state index < -0.39 is 11.5 Å². The molecule has 0 heterocycles. The molecule has 1 unspecified atom stereocenters. The van der Waals surface area contributed by atoms with Crippen LogP contribution >= 0.6 is 0 Å². The van der Waals surface area contributed by atoms with Crippen LogP contribution in [0.1, 0.15) is 32.3 Å². The minimum atomic E-state index is -0.830. The molecular formula is C16H26N2O2. The van der Waals surface area contributed by atoms with Crippen molar-refractivity contribution in [3.05, 3.63) is 29.8 Å². The van der Waals surface area contributed by atoms with Gasteiger partial charge in [-0.15, -0.1) is 0 Å². The monoisotopic (exact) mass is 278 g/mol. The molecule has 0 fully saturated rings. The van der Waals surface area contributed by atoms with E-state index in [2.05, 4.69) is 41.4 Å². The zero-order valence-electron chi connectivity index (χ0n) is 12.9. The number of anilines is 1. The second kappa shape index (κ2) is 7.29. The van der Waals surface area contributed by atoms with Crippen LogP contribution in [0.4, 0.5) is 5.69 Å². The SMILES string of the molecule is CCNC(C)(CCCN(C)c1ccc(C)cc1)C(=O)O. The fourth-order valence-corrected chi connectivity index (χ4v) is 2.26. The van der Waals surface area contributed by atoms with Crippen molar-refractivity contribution in [2.75, 3.05) is 25.0 Å². The molecule has 0 aromatic heterocycles. The van der Waals surface area contributed by atoms with Crippen LogP contribution in [-0.4, -0.2) is 36.8 Å². The van der Waals surface area contributed by atoms with Gasteiger partial charge in [0.2, 0.25) is 0 Å². The number of aryl methyl sites for hydroxylation is 1. The highest BCUT2D eigenvalue weighted by atomic mass is 16.4. The normalized spacial score (nSPS) is 13.8. The molecule has 0 amide bonds. The van der Waals surface area contributed by atoms with Crippen LogP contribution in [0.5, 0.6) is 0 Å². The summed E-state index contributed by atoms with van der Waals surface area (Å²) in [5.74, 6) is -0.780. The Labute approximate surface area is 121 Å². The topological polar surface area (TPSA) is 52.6 Å². The van der Waals surface area contributed by atoms with Gasteiger partial charge >= 0.3 is 5.97 Å². The average molecular weight is 278 g/mol. The largest absolute Gasteiger partial charge is 0.480 e. The van der Waals surface area contributed by atoms with Crippen molar-refractivity contribution >= 4 is 11.7 Å². The Bertz CT molecular complexity index is 431. The summed E-state index contributed by atoms with van der Waals surface area (Å²) in [5.41, 5.74) is 1.58. The first-order valence-corrected chi connectivity index (χ1v) is 7.15. The highest BCUT2D eigenvalue weighted by Gasteiger charge is 2.31. The van der Waals surface area contributed by atoms with E-state index >= 15 is 0 Å². The molecule has 112 valence electrons. The van der Waals surface area contributed by atoms with Crippen LogP contribution in [0.2, 0.25) is 0 Å². The molecule has 0 saturated heterocycles. The van der Waals surface area contributed by atoms with Crippen molar-refractivity contribution in [1.29, 1.82) is 0 Å². The van der Waals surface area contributed by atoms with E-state index in [0.717, 1.165) is 18.7 Å². The summed E-state index contributed by atoms with van der Waals surface area (Å²) in [6.07, 6.45) is 1.45. The quantitative estimate of drug-likeness (QED) is 0.767. The molecule has 2 N–H and O–H groups in total. The summed E-state index contributed by atoms with van der Waals surface area (Å²) < 4.78 is 0. The molecule has 4 nitrogen and oxygen atoms in total. The minimum absolute atomic E-state index is 0.617. The summed E-state index contributed by atoms with van der Waals surface area (Å²) in [4.78, 5) is 13.5. The number of hydrogen-bond donors (Lipinski definition) is 2. The van der Waals surface area contributed by atoms with Crippen molar-refractivity contribution < 1.29 is 9.90 Å². The van der Waals surface area contributed by atoms with Gasteiger partial charge < -0.3 is 15.3 Å². The van der Waals surface area contributed by atoms with Gasteiger partial charge in [-0.05, 0) is 45.4 Å². The van der Waals surface area contributed by atoms with Crippen molar-refractivity contribution in [2.45, 2.75) is 39.2 Å². The van der Waals surface area contributed by atoms with Crippen molar-refractivity contribution in [3.63, 3.8) is 0 Å². The molecule has 0 aliphatic carbocycles. The molecule has 1 atom stereocenters. The molecule has 1 aromatic carbocycles. The molecule has 0 aliphatic rings. The lowest BCUT2D eigenvalue weighted by Crippen LogP contribution is -2.49. The summed E-state index contributed by atoms with van der Waals surface area (Å²) in [7, 11) is 2.04. The highest BCUT2D eigenvalue weighted by molar-refractivity contribution is 5.78. The lowest BCUT2D eigenvalue weighted by molar-refractivity contribution is -0.144. The molecule has 0 bridgehead atoms. The zero-order valence-corrected chi connectivity index (χ0v) is 12.9. The Balaban J connectivity index is 2.50. The third kappa shape index (κ3) is 4.53. The summed E-state index contributed by atoms with van der Waals surface area (Å²) >= 11 is 0. The van der Waals surface area contributed by atoms with E-state index in [1.807, 2.05) is 14.0 Å². The number of aliphatic carboxylic acids is 1. The predicted octanol–water partition coefficient (Wildman–Crippen LogP) is 2.66. The van der Waals surface area contributed by atoms with Gasteiger partial charge in [0.25, 0.3) is 0 Å². The van der Waals surface area contributed by atoms with Crippen LogP contribution in [0.25, 0.3) is 0 Å². The van der Waals surface area contributed by atoms with Crippen molar-refractivity contribution in [1.82, 2.24) is 5.32 Å². The van der Waals surface area contributed by atoms with Crippen LogP contribution in [0.15, 0.2) is 24.3 Å². The number of carboxylic acids is 1. The van der Waals surface area contributed by atoms with Crippen molar-refractivity contribution in [2.24, 2.45) is 0 Å². The fourth-order valence-electron chi connectivity index (χ4n) is 2.26. The molecule has 4 heteroatoms. The highest BCUT2D eigenvalue weighted by Crippen LogP contribution is 2.17. The van der Waals surface area contributed by atoms with E-state index in [9.17, 15) is 9.90 Å². The average Bonchev–Trinajstić information content (AvgIpc) is 2.39. The van der Waals surface area contributed by atoms with Crippen LogP contribution in [0.3, 0.4) is 0 Å². The number of hydrogen-bond acceptors (Lipinski definition) is 3. The number of nitrogens with zero attached hydrogens (tertiary/aromatic N) is 1. The molecular weight excluding hydrogens is 252 g/mol. The maximum absolute atomic E-state index is 11.3. The van der Waals surface area contributed by atoms with E-state index in [1.165, 1.54) is 5.56 Å². The van der Waals surface area contributed by atoms with Gasteiger partial charge in [-0.2, -0.15) is 0 Å². The number of likely N-dealkylation sites (N-methyl/N-ethyl adjacent to an activating group) is 1. The van der Waals surface area contributed by atoms with Gasteiger partial charge in [-0.25, -0.2) is 0 Å². The maximum atomic E-state index is 11.3. The summed E-state index contributed by atoms with van der Waals surface area (Å²) in [6, 6.07) is 8.36. The van der Waals surface area contributed by atoms with E-state index in [-0.39, 0.29) is 0 Å². The second-order valence-electron chi connectivity index (χ2n) is 5.53. The Hall–Kier alpha value is -1.55. The standard InChI is InChI=1S/C16H26N2O2/c1-5-17-16(3,15(19)20)11-6-12-18(4)14-9-7-13(2)8-10-14/h7-10,17H,5-6,11-12H2,1-4H3,(H,19,20). The van der Waals surface area contributed by atoms with Gasteiger partial charge in [0, 0.05) is 19.3 Å². The van der Waals surface area contributed by atoms with Crippen molar-refractivity contribution in [3.8, 4) is 0 Å². The first-order valence-electron chi connectivity index (χ1n) is 7.15.